The van der Waals surface area contributed by atoms with Gasteiger partial charge < -0.3 is 24.3 Å². The number of carbonyl (C=O) groups excluding carboxylic acids is 1. The Morgan fingerprint density at radius 1 is 1.08 bits per heavy atom. The molecule has 6 nitrogen and oxygen atoms in total. The van der Waals surface area contributed by atoms with E-state index in [9.17, 15) is 4.79 Å². The SMILES string of the molecule is CCOc1ccccc1NC(=O)COc1ccc2c(c1)OCCO2. The standard InChI is InChI=1S/C18H19NO5/c1-2-21-15-6-4-3-5-14(15)19-18(20)12-24-13-7-8-16-17(11-13)23-10-9-22-16/h3-8,11H,2,9-10,12H2,1H3,(H,19,20). The molecule has 0 fully saturated rings. The van der Waals surface area contributed by atoms with Crippen LogP contribution in [0.5, 0.6) is 23.0 Å². The molecular weight excluding hydrogens is 310 g/mol. The third-order valence-corrected chi connectivity index (χ3v) is 3.34. The van der Waals surface area contributed by atoms with Gasteiger partial charge in [-0.3, -0.25) is 4.79 Å². The normalized spacial score (nSPS) is 12.4. The first-order chi connectivity index (χ1) is 11.8. The molecule has 0 atom stereocenters. The van der Waals surface area contributed by atoms with Gasteiger partial charge in [0.15, 0.2) is 18.1 Å². The number of ether oxygens (including phenoxy) is 4. The number of rotatable bonds is 6. The Kier molecular flexibility index (Phi) is 5.05. The van der Waals surface area contributed by atoms with Gasteiger partial charge >= 0.3 is 0 Å². The van der Waals surface area contributed by atoms with Crippen molar-refractivity contribution in [2.24, 2.45) is 0 Å². The van der Waals surface area contributed by atoms with Crippen LogP contribution in [-0.4, -0.2) is 32.3 Å². The highest BCUT2D eigenvalue weighted by atomic mass is 16.6. The van der Waals surface area contributed by atoms with Crippen LogP contribution in [0.15, 0.2) is 42.5 Å². The fraction of sp³-hybridized carbons (Fsp3) is 0.278. The molecule has 0 bridgehead atoms. The van der Waals surface area contributed by atoms with Gasteiger partial charge in [-0.2, -0.15) is 0 Å². The lowest BCUT2D eigenvalue weighted by Crippen LogP contribution is -2.21. The Labute approximate surface area is 140 Å². The summed E-state index contributed by atoms with van der Waals surface area (Å²) in [5, 5.41) is 2.78. The van der Waals surface area contributed by atoms with E-state index in [1.165, 1.54) is 0 Å². The molecule has 1 heterocycles. The number of amides is 1. The van der Waals surface area contributed by atoms with Crippen molar-refractivity contribution in [1.29, 1.82) is 0 Å². The summed E-state index contributed by atoms with van der Waals surface area (Å²) in [7, 11) is 0. The van der Waals surface area contributed by atoms with E-state index in [1.54, 1.807) is 30.3 Å². The minimum atomic E-state index is -0.267. The first kappa shape index (κ1) is 16.0. The molecule has 0 spiro atoms. The molecular formula is C18H19NO5. The molecule has 0 saturated carbocycles. The van der Waals surface area contributed by atoms with Crippen LogP contribution in [0.2, 0.25) is 0 Å². The summed E-state index contributed by atoms with van der Waals surface area (Å²) < 4.78 is 21.9. The van der Waals surface area contributed by atoms with E-state index in [0.29, 0.717) is 48.5 Å². The van der Waals surface area contributed by atoms with Gasteiger partial charge in [0.2, 0.25) is 0 Å². The Bertz CT molecular complexity index is 716. The van der Waals surface area contributed by atoms with E-state index in [-0.39, 0.29) is 12.5 Å². The average Bonchev–Trinajstić information content (AvgIpc) is 2.62. The molecule has 1 N–H and O–H groups in total. The predicted octanol–water partition coefficient (Wildman–Crippen LogP) is 2.87. The number of hydrogen-bond acceptors (Lipinski definition) is 5. The Morgan fingerprint density at radius 3 is 2.71 bits per heavy atom. The van der Waals surface area contributed by atoms with E-state index in [4.69, 9.17) is 18.9 Å². The summed E-state index contributed by atoms with van der Waals surface area (Å²) in [6.45, 7) is 3.35. The topological polar surface area (TPSA) is 66.0 Å². The number of hydrogen-bond donors (Lipinski definition) is 1. The summed E-state index contributed by atoms with van der Waals surface area (Å²) in [5.74, 6) is 2.22. The number of para-hydroxylation sites is 2. The lowest BCUT2D eigenvalue weighted by Gasteiger charge is -2.19. The van der Waals surface area contributed by atoms with Crippen LogP contribution in [-0.2, 0) is 4.79 Å². The first-order valence-corrected chi connectivity index (χ1v) is 7.80. The monoisotopic (exact) mass is 329 g/mol. The highest BCUT2D eigenvalue weighted by Gasteiger charge is 2.13. The zero-order valence-electron chi connectivity index (χ0n) is 13.4. The summed E-state index contributed by atoms with van der Waals surface area (Å²) in [6, 6.07) is 12.5. The van der Waals surface area contributed by atoms with Gasteiger partial charge in [0.05, 0.1) is 12.3 Å². The molecule has 0 saturated heterocycles. The number of carbonyl (C=O) groups is 1. The van der Waals surface area contributed by atoms with Gasteiger partial charge in [-0.05, 0) is 31.2 Å². The number of anilines is 1. The van der Waals surface area contributed by atoms with Crippen molar-refractivity contribution < 1.29 is 23.7 Å². The third-order valence-electron chi connectivity index (χ3n) is 3.34. The van der Waals surface area contributed by atoms with Crippen LogP contribution >= 0.6 is 0 Å². The summed E-state index contributed by atoms with van der Waals surface area (Å²) in [6.07, 6.45) is 0. The molecule has 1 aliphatic heterocycles. The lowest BCUT2D eigenvalue weighted by atomic mass is 10.3. The van der Waals surface area contributed by atoms with Crippen LogP contribution in [0.1, 0.15) is 6.92 Å². The van der Waals surface area contributed by atoms with Crippen LogP contribution in [0.25, 0.3) is 0 Å². The van der Waals surface area contributed by atoms with Crippen molar-refractivity contribution in [3.63, 3.8) is 0 Å². The van der Waals surface area contributed by atoms with Gasteiger partial charge in [0, 0.05) is 6.07 Å². The van der Waals surface area contributed by atoms with Gasteiger partial charge in [0.25, 0.3) is 5.91 Å². The molecule has 0 aromatic heterocycles. The maximum absolute atomic E-state index is 12.1. The number of nitrogens with one attached hydrogen (secondary N) is 1. The fourth-order valence-electron chi connectivity index (χ4n) is 2.30. The molecule has 126 valence electrons. The maximum Gasteiger partial charge on any atom is 0.262 e. The van der Waals surface area contributed by atoms with Crippen LogP contribution in [0.3, 0.4) is 0 Å². The molecule has 1 aliphatic rings. The minimum absolute atomic E-state index is 0.111. The third kappa shape index (κ3) is 3.90. The zero-order valence-corrected chi connectivity index (χ0v) is 13.4. The smallest absolute Gasteiger partial charge is 0.262 e. The van der Waals surface area contributed by atoms with Crippen molar-refractivity contribution in [1.82, 2.24) is 0 Å². The maximum atomic E-state index is 12.1. The van der Waals surface area contributed by atoms with Gasteiger partial charge in [-0.1, -0.05) is 12.1 Å². The first-order valence-electron chi connectivity index (χ1n) is 7.80. The summed E-state index contributed by atoms with van der Waals surface area (Å²) in [5.41, 5.74) is 0.620. The van der Waals surface area contributed by atoms with Crippen molar-refractivity contribution >= 4 is 11.6 Å². The Hall–Kier alpha value is -2.89. The molecule has 6 heteroatoms. The molecule has 0 unspecified atom stereocenters. The van der Waals surface area contributed by atoms with E-state index in [2.05, 4.69) is 5.32 Å². The van der Waals surface area contributed by atoms with Crippen molar-refractivity contribution in [3.8, 4) is 23.0 Å². The molecule has 2 aromatic carbocycles. The Balaban J connectivity index is 1.58. The van der Waals surface area contributed by atoms with Gasteiger partial charge in [-0.25, -0.2) is 0 Å². The fourth-order valence-corrected chi connectivity index (χ4v) is 2.30. The van der Waals surface area contributed by atoms with Crippen molar-refractivity contribution in [2.45, 2.75) is 6.92 Å². The highest BCUT2D eigenvalue weighted by molar-refractivity contribution is 5.93. The predicted molar refractivity (Wildman–Crippen MR) is 89.2 cm³/mol. The largest absolute Gasteiger partial charge is 0.492 e. The molecule has 0 radical (unpaired) electrons. The molecule has 24 heavy (non-hydrogen) atoms. The quantitative estimate of drug-likeness (QED) is 0.883. The second-order valence-corrected chi connectivity index (χ2v) is 5.07. The number of fused-ring (bicyclic) bond motifs is 1. The number of benzene rings is 2. The second kappa shape index (κ2) is 7.59. The summed E-state index contributed by atoms with van der Waals surface area (Å²) in [4.78, 5) is 12.1. The van der Waals surface area contributed by atoms with Crippen molar-refractivity contribution in [2.75, 3.05) is 31.7 Å². The summed E-state index contributed by atoms with van der Waals surface area (Å²) >= 11 is 0. The molecule has 0 aliphatic carbocycles. The van der Waals surface area contributed by atoms with Gasteiger partial charge in [-0.15, -0.1) is 0 Å². The van der Waals surface area contributed by atoms with E-state index in [0.717, 1.165) is 0 Å². The van der Waals surface area contributed by atoms with Gasteiger partial charge in [0.1, 0.15) is 24.7 Å². The van der Waals surface area contributed by atoms with Crippen molar-refractivity contribution in [3.05, 3.63) is 42.5 Å². The zero-order chi connectivity index (χ0) is 16.8. The van der Waals surface area contributed by atoms with Crippen LogP contribution in [0, 0.1) is 0 Å². The minimum Gasteiger partial charge on any atom is -0.492 e. The molecule has 2 aromatic rings. The van der Waals surface area contributed by atoms with Crippen LogP contribution < -0.4 is 24.3 Å². The molecule has 1 amide bonds. The van der Waals surface area contributed by atoms with Crippen LogP contribution in [0.4, 0.5) is 5.69 Å². The molecule has 3 rings (SSSR count). The van der Waals surface area contributed by atoms with E-state index in [1.807, 2.05) is 19.1 Å². The lowest BCUT2D eigenvalue weighted by molar-refractivity contribution is -0.118. The van der Waals surface area contributed by atoms with E-state index >= 15 is 0 Å². The average molecular weight is 329 g/mol. The van der Waals surface area contributed by atoms with E-state index < -0.39 is 0 Å². The Morgan fingerprint density at radius 2 is 1.88 bits per heavy atom. The second-order valence-electron chi connectivity index (χ2n) is 5.07. The highest BCUT2D eigenvalue weighted by Crippen LogP contribution is 2.33.